The number of nitrogens with one attached hydrogen (secondary N) is 1. The van der Waals surface area contributed by atoms with Crippen molar-refractivity contribution in [2.45, 2.75) is 18.9 Å². The minimum absolute atomic E-state index is 0.635. The van der Waals surface area contributed by atoms with E-state index in [1.807, 2.05) is 7.05 Å². The standard InChI is InChI=1S/C10H16N2O/c1-11-9-2-5-12(8-9)10-3-6-13-7-4-10/h2,5,8,10-11H,3-4,6-7H2,1H3. The third kappa shape index (κ3) is 1.86. The number of anilines is 1. The zero-order valence-electron chi connectivity index (χ0n) is 7.99. The second-order valence-corrected chi connectivity index (χ2v) is 3.44. The summed E-state index contributed by atoms with van der Waals surface area (Å²) in [4.78, 5) is 0. The summed E-state index contributed by atoms with van der Waals surface area (Å²) in [5.41, 5.74) is 1.19. The molecule has 0 unspecified atom stereocenters. The first-order valence-electron chi connectivity index (χ1n) is 4.83. The van der Waals surface area contributed by atoms with Crippen LogP contribution in [-0.2, 0) is 4.74 Å². The van der Waals surface area contributed by atoms with E-state index in [0.717, 1.165) is 26.1 Å². The monoisotopic (exact) mass is 180 g/mol. The zero-order valence-corrected chi connectivity index (χ0v) is 7.99. The van der Waals surface area contributed by atoms with E-state index in [4.69, 9.17) is 4.74 Å². The van der Waals surface area contributed by atoms with Crippen molar-refractivity contribution in [3.63, 3.8) is 0 Å². The molecular formula is C10H16N2O. The second kappa shape index (κ2) is 3.83. The van der Waals surface area contributed by atoms with Crippen LogP contribution in [0.1, 0.15) is 18.9 Å². The Hall–Kier alpha value is -0.960. The predicted molar refractivity (Wildman–Crippen MR) is 53.1 cm³/mol. The number of nitrogens with zero attached hydrogens (tertiary/aromatic N) is 1. The second-order valence-electron chi connectivity index (χ2n) is 3.44. The Morgan fingerprint density at radius 2 is 2.23 bits per heavy atom. The van der Waals surface area contributed by atoms with E-state index in [1.54, 1.807) is 0 Å². The number of ether oxygens (including phenoxy) is 1. The molecule has 3 nitrogen and oxygen atoms in total. The van der Waals surface area contributed by atoms with Crippen molar-refractivity contribution in [2.75, 3.05) is 25.6 Å². The lowest BCUT2D eigenvalue weighted by Crippen LogP contribution is -2.18. The molecule has 1 N–H and O–H groups in total. The van der Waals surface area contributed by atoms with Gasteiger partial charge >= 0.3 is 0 Å². The molecule has 0 amide bonds. The topological polar surface area (TPSA) is 26.2 Å². The fourth-order valence-corrected chi connectivity index (χ4v) is 1.77. The fourth-order valence-electron chi connectivity index (χ4n) is 1.77. The molecule has 0 spiro atoms. The number of rotatable bonds is 2. The van der Waals surface area contributed by atoms with Crippen molar-refractivity contribution >= 4 is 5.69 Å². The molecular weight excluding hydrogens is 164 g/mol. The predicted octanol–water partition coefficient (Wildman–Crippen LogP) is 1.88. The van der Waals surface area contributed by atoms with Crippen LogP contribution in [0.4, 0.5) is 5.69 Å². The smallest absolute Gasteiger partial charge is 0.0517 e. The van der Waals surface area contributed by atoms with Crippen molar-refractivity contribution < 1.29 is 4.74 Å². The van der Waals surface area contributed by atoms with Crippen LogP contribution in [0.15, 0.2) is 18.5 Å². The Morgan fingerprint density at radius 1 is 1.46 bits per heavy atom. The van der Waals surface area contributed by atoms with Gasteiger partial charge in [0.25, 0.3) is 0 Å². The van der Waals surface area contributed by atoms with Gasteiger partial charge < -0.3 is 14.6 Å². The molecule has 1 aromatic rings. The largest absolute Gasteiger partial charge is 0.387 e. The summed E-state index contributed by atoms with van der Waals surface area (Å²) in [6.45, 7) is 1.80. The molecule has 3 heteroatoms. The van der Waals surface area contributed by atoms with Crippen LogP contribution in [0, 0.1) is 0 Å². The molecule has 13 heavy (non-hydrogen) atoms. The van der Waals surface area contributed by atoms with Gasteiger partial charge in [0.15, 0.2) is 0 Å². The van der Waals surface area contributed by atoms with E-state index in [1.165, 1.54) is 5.69 Å². The molecule has 1 aliphatic heterocycles. The zero-order chi connectivity index (χ0) is 9.10. The van der Waals surface area contributed by atoms with Crippen molar-refractivity contribution in [3.8, 4) is 0 Å². The number of aromatic nitrogens is 1. The Kier molecular flexibility index (Phi) is 2.54. The molecule has 72 valence electrons. The molecule has 0 saturated carbocycles. The molecule has 2 rings (SSSR count). The lowest BCUT2D eigenvalue weighted by atomic mass is 10.1. The van der Waals surface area contributed by atoms with Gasteiger partial charge in [-0.15, -0.1) is 0 Å². The molecule has 2 heterocycles. The van der Waals surface area contributed by atoms with Crippen LogP contribution in [-0.4, -0.2) is 24.8 Å². The molecule has 0 bridgehead atoms. The summed E-state index contributed by atoms with van der Waals surface area (Å²) in [5.74, 6) is 0. The van der Waals surface area contributed by atoms with E-state index in [0.29, 0.717) is 6.04 Å². The van der Waals surface area contributed by atoms with E-state index in [2.05, 4.69) is 28.3 Å². The number of hydrogen-bond donors (Lipinski definition) is 1. The SMILES string of the molecule is CNc1ccn(C2CCOCC2)c1. The van der Waals surface area contributed by atoms with Gasteiger partial charge in [0.2, 0.25) is 0 Å². The third-order valence-corrected chi connectivity index (χ3v) is 2.62. The summed E-state index contributed by atoms with van der Waals surface area (Å²) in [7, 11) is 1.95. The van der Waals surface area contributed by atoms with Crippen LogP contribution in [0.2, 0.25) is 0 Å². The minimum Gasteiger partial charge on any atom is -0.387 e. The number of hydrogen-bond acceptors (Lipinski definition) is 2. The van der Waals surface area contributed by atoms with E-state index >= 15 is 0 Å². The highest BCUT2D eigenvalue weighted by Crippen LogP contribution is 2.22. The maximum absolute atomic E-state index is 5.33. The first kappa shape index (κ1) is 8.63. The normalized spacial score (nSPS) is 18.8. The highest BCUT2D eigenvalue weighted by atomic mass is 16.5. The summed E-state index contributed by atoms with van der Waals surface area (Å²) < 4.78 is 7.61. The van der Waals surface area contributed by atoms with Crippen molar-refractivity contribution in [2.24, 2.45) is 0 Å². The van der Waals surface area contributed by atoms with Crippen LogP contribution in [0.5, 0.6) is 0 Å². The molecule has 1 aromatic heterocycles. The summed E-state index contributed by atoms with van der Waals surface area (Å²) >= 11 is 0. The van der Waals surface area contributed by atoms with Gasteiger partial charge in [-0.1, -0.05) is 0 Å². The average Bonchev–Trinajstić information content (AvgIpc) is 2.67. The highest BCUT2D eigenvalue weighted by Gasteiger charge is 2.14. The van der Waals surface area contributed by atoms with Crippen molar-refractivity contribution in [3.05, 3.63) is 18.5 Å². The quantitative estimate of drug-likeness (QED) is 0.752. The Bertz CT molecular complexity index is 264. The Balaban J connectivity index is 2.05. The van der Waals surface area contributed by atoms with Crippen molar-refractivity contribution in [1.29, 1.82) is 0 Å². The van der Waals surface area contributed by atoms with Crippen LogP contribution < -0.4 is 5.32 Å². The average molecular weight is 180 g/mol. The van der Waals surface area contributed by atoms with E-state index in [-0.39, 0.29) is 0 Å². The van der Waals surface area contributed by atoms with Gasteiger partial charge in [-0.25, -0.2) is 0 Å². The van der Waals surface area contributed by atoms with Gasteiger partial charge in [0, 0.05) is 38.7 Å². The molecule has 1 aliphatic rings. The van der Waals surface area contributed by atoms with Crippen LogP contribution in [0.3, 0.4) is 0 Å². The highest BCUT2D eigenvalue weighted by molar-refractivity contribution is 5.40. The van der Waals surface area contributed by atoms with Crippen LogP contribution >= 0.6 is 0 Å². The molecule has 0 radical (unpaired) electrons. The lowest BCUT2D eigenvalue weighted by Gasteiger charge is -2.23. The summed E-state index contributed by atoms with van der Waals surface area (Å²) in [6, 6.07) is 2.74. The molecule has 0 aromatic carbocycles. The fraction of sp³-hybridized carbons (Fsp3) is 0.600. The van der Waals surface area contributed by atoms with Crippen molar-refractivity contribution in [1.82, 2.24) is 4.57 Å². The molecule has 1 fully saturated rings. The Morgan fingerprint density at radius 3 is 2.85 bits per heavy atom. The van der Waals surface area contributed by atoms with Gasteiger partial charge in [0.1, 0.15) is 0 Å². The van der Waals surface area contributed by atoms with Crippen LogP contribution in [0.25, 0.3) is 0 Å². The third-order valence-electron chi connectivity index (χ3n) is 2.62. The summed E-state index contributed by atoms with van der Waals surface area (Å²) in [5, 5.41) is 3.13. The van der Waals surface area contributed by atoms with Gasteiger partial charge in [-0.2, -0.15) is 0 Å². The molecule has 0 aliphatic carbocycles. The summed E-state index contributed by atoms with van der Waals surface area (Å²) in [6.07, 6.45) is 6.58. The maximum Gasteiger partial charge on any atom is 0.0517 e. The maximum atomic E-state index is 5.33. The molecule has 0 atom stereocenters. The van der Waals surface area contributed by atoms with Gasteiger partial charge in [-0.3, -0.25) is 0 Å². The van der Waals surface area contributed by atoms with Gasteiger partial charge in [0.05, 0.1) is 5.69 Å². The van der Waals surface area contributed by atoms with E-state index < -0.39 is 0 Å². The first-order chi connectivity index (χ1) is 6.40. The van der Waals surface area contributed by atoms with E-state index in [9.17, 15) is 0 Å². The lowest BCUT2D eigenvalue weighted by molar-refractivity contribution is 0.0697. The Labute approximate surface area is 78.7 Å². The molecule has 1 saturated heterocycles. The first-order valence-corrected chi connectivity index (χ1v) is 4.83. The van der Waals surface area contributed by atoms with Gasteiger partial charge in [-0.05, 0) is 18.9 Å². The minimum atomic E-state index is 0.635.